The van der Waals surface area contributed by atoms with Gasteiger partial charge in [-0.3, -0.25) is 4.57 Å². The van der Waals surface area contributed by atoms with Crippen LogP contribution in [0.15, 0.2) is 0 Å². The van der Waals surface area contributed by atoms with Crippen LogP contribution in [0.25, 0.3) is 0 Å². The first-order valence-electron chi connectivity index (χ1n) is 6.27. The molecule has 0 atom stereocenters. The fourth-order valence-electron chi connectivity index (χ4n) is 1.04. The molecule has 0 rings (SSSR count). The lowest BCUT2D eigenvalue weighted by Gasteiger charge is -2.20. The molecule has 0 spiro atoms. The second kappa shape index (κ2) is 8.27. The molecule has 0 heterocycles. The molecule has 0 amide bonds. The van der Waals surface area contributed by atoms with E-state index in [-0.39, 0.29) is 0 Å². The molecule has 0 bridgehead atoms. The molecule has 0 saturated heterocycles. The summed E-state index contributed by atoms with van der Waals surface area (Å²) in [7, 11) is -2.84. The highest BCUT2D eigenvalue weighted by Crippen LogP contribution is 2.49. The molecule has 16 heavy (non-hydrogen) atoms. The minimum atomic E-state index is -2.84. The van der Waals surface area contributed by atoms with Gasteiger partial charge in [0.15, 0.2) is 0 Å². The van der Waals surface area contributed by atoms with Crippen LogP contribution in [0.5, 0.6) is 0 Å². The van der Waals surface area contributed by atoms with Gasteiger partial charge in [0.05, 0.1) is 19.4 Å². The minimum Gasteiger partial charge on any atom is -0.308 e. The molecule has 0 aromatic rings. The molecule has 0 radical (unpaired) electrons. The zero-order valence-corrected chi connectivity index (χ0v) is 12.3. The maximum Gasteiger partial charge on any atom is 0.330 e. The lowest BCUT2D eigenvalue weighted by molar-refractivity contribution is 0.173. The van der Waals surface area contributed by atoms with E-state index in [1.807, 2.05) is 27.7 Å². The molecular weight excluding hydrogens is 223 g/mol. The summed E-state index contributed by atoms with van der Waals surface area (Å²) in [6.45, 7) is 11.3. The van der Waals surface area contributed by atoms with Crippen LogP contribution in [0.4, 0.5) is 0 Å². The van der Waals surface area contributed by atoms with Gasteiger partial charge in [-0.15, -0.1) is 0 Å². The Kier molecular flexibility index (Phi) is 8.35. The molecule has 0 fully saturated rings. The lowest BCUT2D eigenvalue weighted by Crippen LogP contribution is -2.08. The highest BCUT2D eigenvalue weighted by Gasteiger charge is 2.24. The van der Waals surface area contributed by atoms with Crippen molar-refractivity contribution in [3.8, 4) is 0 Å². The van der Waals surface area contributed by atoms with Crippen LogP contribution in [0.2, 0.25) is 0 Å². The Bertz CT molecular complexity index is 198. The fraction of sp³-hybridized carbons (Fsp3) is 1.00. The molecule has 0 N–H and O–H groups in total. The number of hydrogen-bond donors (Lipinski definition) is 0. The first-order chi connectivity index (χ1) is 7.39. The second-order valence-corrected chi connectivity index (χ2v) is 7.25. The second-order valence-electron chi connectivity index (χ2n) is 5.07. The quantitative estimate of drug-likeness (QED) is 0.571. The third kappa shape index (κ3) is 8.32. The Balaban J connectivity index is 4.18. The van der Waals surface area contributed by atoms with E-state index < -0.39 is 7.60 Å². The molecule has 0 aromatic carbocycles. The van der Waals surface area contributed by atoms with Gasteiger partial charge in [-0.2, -0.15) is 0 Å². The van der Waals surface area contributed by atoms with Crippen LogP contribution >= 0.6 is 7.60 Å². The summed E-state index contributed by atoms with van der Waals surface area (Å²) >= 11 is 0. The van der Waals surface area contributed by atoms with Gasteiger partial charge >= 0.3 is 7.60 Å². The van der Waals surface area contributed by atoms with Crippen LogP contribution in [0.3, 0.4) is 0 Å². The molecule has 0 aromatic heterocycles. The summed E-state index contributed by atoms with van der Waals surface area (Å²) in [6, 6.07) is 0. The molecule has 0 aliphatic carbocycles. The third-order valence-electron chi connectivity index (χ3n) is 1.99. The predicted octanol–water partition coefficient (Wildman–Crippen LogP) is 4.32. The van der Waals surface area contributed by atoms with Crippen LogP contribution in [-0.4, -0.2) is 19.4 Å². The van der Waals surface area contributed by atoms with E-state index in [9.17, 15) is 4.57 Å². The van der Waals surface area contributed by atoms with Crippen LogP contribution in [-0.2, 0) is 13.6 Å². The van der Waals surface area contributed by atoms with Gasteiger partial charge in [0.1, 0.15) is 0 Å². The molecule has 0 aliphatic heterocycles. The average Bonchev–Trinajstić information content (AvgIpc) is 2.21. The maximum absolute atomic E-state index is 12.3. The highest BCUT2D eigenvalue weighted by molar-refractivity contribution is 7.53. The Morgan fingerprint density at radius 2 is 1.44 bits per heavy atom. The van der Waals surface area contributed by atoms with Crippen molar-refractivity contribution in [3.05, 3.63) is 0 Å². The molecule has 4 heteroatoms. The maximum atomic E-state index is 12.3. The molecule has 0 unspecified atom stereocenters. The van der Waals surface area contributed by atoms with Crippen molar-refractivity contribution in [2.24, 2.45) is 11.8 Å². The normalized spacial score (nSPS) is 12.7. The summed E-state index contributed by atoms with van der Waals surface area (Å²) in [4.78, 5) is 0. The van der Waals surface area contributed by atoms with Gasteiger partial charge in [-0.25, -0.2) is 0 Å². The number of unbranched alkanes of at least 4 members (excludes halogenated alkanes) is 1. The van der Waals surface area contributed by atoms with E-state index in [0.29, 0.717) is 31.2 Å². The van der Waals surface area contributed by atoms with Gasteiger partial charge in [0.25, 0.3) is 0 Å². The first kappa shape index (κ1) is 16.1. The standard InChI is InChI=1S/C12H27O3P/c1-6-7-8-16(13,14-9-11(2)3)15-10-12(4)5/h11-12H,6-10H2,1-5H3. The fourth-order valence-corrected chi connectivity index (χ4v) is 3.13. The summed E-state index contributed by atoms with van der Waals surface area (Å²) in [6.07, 6.45) is 2.45. The Morgan fingerprint density at radius 1 is 1.00 bits per heavy atom. The summed E-state index contributed by atoms with van der Waals surface area (Å²) in [5.74, 6) is 0.773. The van der Waals surface area contributed by atoms with Gasteiger partial charge in [-0.05, 0) is 18.3 Å². The topological polar surface area (TPSA) is 35.5 Å². The van der Waals surface area contributed by atoms with Crippen LogP contribution in [0, 0.1) is 11.8 Å². The van der Waals surface area contributed by atoms with E-state index in [1.54, 1.807) is 0 Å². The van der Waals surface area contributed by atoms with Gasteiger partial charge in [0, 0.05) is 0 Å². The summed E-state index contributed by atoms with van der Waals surface area (Å²) in [5.41, 5.74) is 0. The van der Waals surface area contributed by atoms with Crippen molar-refractivity contribution in [3.63, 3.8) is 0 Å². The van der Waals surface area contributed by atoms with Crippen molar-refractivity contribution < 1.29 is 13.6 Å². The first-order valence-corrected chi connectivity index (χ1v) is 8.00. The van der Waals surface area contributed by atoms with E-state index in [0.717, 1.165) is 12.8 Å². The molecule has 3 nitrogen and oxygen atoms in total. The zero-order valence-electron chi connectivity index (χ0n) is 11.4. The number of rotatable bonds is 9. The van der Waals surface area contributed by atoms with Gasteiger partial charge in [0.2, 0.25) is 0 Å². The van der Waals surface area contributed by atoms with Crippen LogP contribution < -0.4 is 0 Å². The SMILES string of the molecule is CCCCP(=O)(OCC(C)C)OCC(C)C. The highest BCUT2D eigenvalue weighted by atomic mass is 31.2. The van der Waals surface area contributed by atoms with Crippen molar-refractivity contribution in [1.29, 1.82) is 0 Å². The van der Waals surface area contributed by atoms with Crippen molar-refractivity contribution in [2.45, 2.75) is 47.5 Å². The lowest BCUT2D eigenvalue weighted by atomic mass is 10.2. The Morgan fingerprint density at radius 3 is 1.75 bits per heavy atom. The molecule has 0 saturated carbocycles. The Labute approximate surface area is 100 Å². The van der Waals surface area contributed by atoms with Crippen molar-refractivity contribution in [2.75, 3.05) is 19.4 Å². The summed E-state index contributed by atoms with van der Waals surface area (Å²) < 4.78 is 23.3. The Hall–Kier alpha value is 0.150. The summed E-state index contributed by atoms with van der Waals surface area (Å²) in [5, 5.41) is 0. The van der Waals surface area contributed by atoms with Crippen molar-refractivity contribution >= 4 is 7.60 Å². The van der Waals surface area contributed by atoms with Crippen LogP contribution in [0.1, 0.15) is 47.5 Å². The predicted molar refractivity (Wildman–Crippen MR) is 69.0 cm³/mol. The third-order valence-corrected chi connectivity index (χ3v) is 3.94. The monoisotopic (exact) mass is 250 g/mol. The largest absolute Gasteiger partial charge is 0.330 e. The molecule has 0 aliphatic rings. The van der Waals surface area contributed by atoms with Gasteiger partial charge < -0.3 is 9.05 Å². The van der Waals surface area contributed by atoms with Gasteiger partial charge in [-0.1, -0.05) is 41.0 Å². The van der Waals surface area contributed by atoms with E-state index in [4.69, 9.17) is 9.05 Å². The van der Waals surface area contributed by atoms with E-state index in [2.05, 4.69) is 6.92 Å². The minimum absolute atomic E-state index is 0.387. The zero-order chi connectivity index (χ0) is 12.6. The van der Waals surface area contributed by atoms with E-state index in [1.165, 1.54) is 0 Å². The van der Waals surface area contributed by atoms with E-state index >= 15 is 0 Å². The molecule has 98 valence electrons. The number of hydrogen-bond acceptors (Lipinski definition) is 3. The van der Waals surface area contributed by atoms with Crippen molar-refractivity contribution in [1.82, 2.24) is 0 Å². The average molecular weight is 250 g/mol. The molecular formula is C12H27O3P. The smallest absolute Gasteiger partial charge is 0.308 e.